The van der Waals surface area contributed by atoms with Gasteiger partial charge in [0.15, 0.2) is 0 Å². The zero-order valence-corrected chi connectivity index (χ0v) is 8.90. The zero-order chi connectivity index (χ0) is 9.86. The summed E-state index contributed by atoms with van der Waals surface area (Å²) in [5.41, 5.74) is -0.867. The molecular formula is C11H21FN2. The van der Waals surface area contributed by atoms with Crippen molar-refractivity contribution in [2.45, 2.75) is 37.8 Å². The zero-order valence-electron chi connectivity index (χ0n) is 8.90. The Morgan fingerprint density at radius 3 is 2.43 bits per heavy atom. The minimum Gasteiger partial charge on any atom is -0.316 e. The summed E-state index contributed by atoms with van der Waals surface area (Å²) in [7, 11) is 0. The van der Waals surface area contributed by atoms with Crippen LogP contribution in [0.1, 0.15) is 32.1 Å². The van der Waals surface area contributed by atoms with E-state index >= 15 is 0 Å². The molecular weight excluding hydrogens is 179 g/mol. The number of nitrogens with zero attached hydrogens (tertiary/aromatic N) is 1. The lowest BCUT2D eigenvalue weighted by Crippen LogP contribution is -2.40. The van der Waals surface area contributed by atoms with Crippen LogP contribution in [0.4, 0.5) is 4.39 Å². The summed E-state index contributed by atoms with van der Waals surface area (Å²) < 4.78 is 14.2. The second-order valence-corrected chi connectivity index (χ2v) is 4.70. The molecule has 82 valence electrons. The van der Waals surface area contributed by atoms with Crippen LogP contribution in [0.15, 0.2) is 0 Å². The molecule has 0 spiro atoms. The van der Waals surface area contributed by atoms with Crippen LogP contribution in [0.25, 0.3) is 0 Å². The number of rotatable bonds is 3. The maximum Gasteiger partial charge on any atom is 0.114 e. The first-order valence-corrected chi connectivity index (χ1v) is 5.91. The molecule has 0 amide bonds. The van der Waals surface area contributed by atoms with Gasteiger partial charge in [-0.25, -0.2) is 4.39 Å². The van der Waals surface area contributed by atoms with Gasteiger partial charge in [0.05, 0.1) is 0 Å². The molecule has 2 nitrogen and oxygen atoms in total. The lowest BCUT2D eigenvalue weighted by atomic mass is 9.91. The van der Waals surface area contributed by atoms with Crippen LogP contribution < -0.4 is 5.32 Å². The van der Waals surface area contributed by atoms with E-state index in [4.69, 9.17) is 0 Å². The van der Waals surface area contributed by atoms with E-state index in [1.165, 1.54) is 25.9 Å². The molecule has 0 unspecified atom stereocenters. The molecule has 14 heavy (non-hydrogen) atoms. The summed E-state index contributed by atoms with van der Waals surface area (Å²) in [4.78, 5) is 2.41. The molecule has 2 aliphatic rings. The summed E-state index contributed by atoms with van der Waals surface area (Å²) in [5.74, 6) is 0. The van der Waals surface area contributed by atoms with Crippen molar-refractivity contribution in [1.82, 2.24) is 10.2 Å². The smallest absolute Gasteiger partial charge is 0.114 e. The Kier molecular flexibility index (Phi) is 3.39. The topological polar surface area (TPSA) is 15.3 Å². The summed E-state index contributed by atoms with van der Waals surface area (Å²) in [6, 6.07) is 0. The molecule has 0 aliphatic carbocycles. The number of hydrogen-bond donors (Lipinski definition) is 1. The summed E-state index contributed by atoms with van der Waals surface area (Å²) in [6.45, 7) is 5.06. The highest BCUT2D eigenvalue weighted by Crippen LogP contribution is 2.27. The molecule has 2 rings (SSSR count). The standard InChI is InChI=1S/C11H21FN2/c12-11(3-6-13-7-4-11)5-10-14-8-1-2-9-14/h13H,1-10H2. The quantitative estimate of drug-likeness (QED) is 0.744. The summed E-state index contributed by atoms with van der Waals surface area (Å²) >= 11 is 0. The van der Waals surface area contributed by atoms with Crippen LogP contribution in [-0.4, -0.2) is 43.3 Å². The Balaban J connectivity index is 1.72. The van der Waals surface area contributed by atoms with E-state index < -0.39 is 5.67 Å². The van der Waals surface area contributed by atoms with Gasteiger partial charge in [-0.2, -0.15) is 0 Å². The molecule has 1 N–H and O–H groups in total. The minimum atomic E-state index is -0.867. The van der Waals surface area contributed by atoms with Gasteiger partial charge in [-0.3, -0.25) is 0 Å². The number of likely N-dealkylation sites (tertiary alicyclic amines) is 1. The normalized spacial score (nSPS) is 28.1. The van der Waals surface area contributed by atoms with Crippen molar-refractivity contribution in [3.63, 3.8) is 0 Å². The highest BCUT2D eigenvalue weighted by molar-refractivity contribution is 4.86. The predicted octanol–water partition coefficient (Wildman–Crippen LogP) is 1.56. The van der Waals surface area contributed by atoms with E-state index in [0.29, 0.717) is 12.8 Å². The number of hydrogen-bond acceptors (Lipinski definition) is 2. The third kappa shape index (κ3) is 2.67. The fraction of sp³-hybridized carbons (Fsp3) is 1.00. The fourth-order valence-corrected chi connectivity index (χ4v) is 2.49. The fourth-order valence-electron chi connectivity index (χ4n) is 2.49. The van der Waals surface area contributed by atoms with Gasteiger partial charge in [-0.05, 0) is 58.3 Å². The Labute approximate surface area is 85.9 Å². The van der Waals surface area contributed by atoms with Crippen molar-refractivity contribution in [3.05, 3.63) is 0 Å². The number of nitrogens with one attached hydrogen (secondary N) is 1. The van der Waals surface area contributed by atoms with E-state index in [9.17, 15) is 4.39 Å². The van der Waals surface area contributed by atoms with Crippen LogP contribution in [0.5, 0.6) is 0 Å². The Bertz CT molecular complexity index is 172. The number of piperidine rings is 1. The highest BCUT2D eigenvalue weighted by Gasteiger charge is 2.31. The molecule has 0 radical (unpaired) electrons. The largest absolute Gasteiger partial charge is 0.316 e. The lowest BCUT2D eigenvalue weighted by molar-refractivity contribution is 0.0911. The SMILES string of the molecule is FC1(CCN2CCCC2)CCNCC1. The highest BCUT2D eigenvalue weighted by atomic mass is 19.1. The van der Waals surface area contributed by atoms with Crippen molar-refractivity contribution in [2.75, 3.05) is 32.7 Å². The summed E-state index contributed by atoms with van der Waals surface area (Å²) in [5, 5.41) is 3.21. The second-order valence-electron chi connectivity index (χ2n) is 4.70. The summed E-state index contributed by atoms with van der Waals surface area (Å²) in [6.07, 6.45) is 4.78. The van der Waals surface area contributed by atoms with Crippen LogP contribution >= 0.6 is 0 Å². The van der Waals surface area contributed by atoms with Gasteiger partial charge in [-0.1, -0.05) is 0 Å². The number of halogens is 1. The number of alkyl halides is 1. The first-order chi connectivity index (χ1) is 6.79. The van der Waals surface area contributed by atoms with E-state index in [-0.39, 0.29) is 0 Å². The predicted molar refractivity (Wildman–Crippen MR) is 56.2 cm³/mol. The second kappa shape index (κ2) is 4.58. The Hall–Kier alpha value is -0.150. The molecule has 0 aromatic rings. The van der Waals surface area contributed by atoms with Crippen LogP contribution in [0, 0.1) is 0 Å². The van der Waals surface area contributed by atoms with Gasteiger partial charge in [0.2, 0.25) is 0 Å². The van der Waals surface area contributed by atoms with Crippen LogP contribution in [0.3, 0.4) is 0 Å². The molecule has 0 aromatic heterocycles. The van der Waals surface area contributed by atoms with Crippen molar-refractivity contribution in [2.24, 2.45) is 0 Å². The Morgan fingerprint density at radius 2 is 1.79 bits per heavy atom. The van der Waals surface area contributed by atoms with E-state index in [2.05, 4.69) is 10.2 Å². The van der Waals surface area contributed by atoms with Crippen LogP contribution in [0.2, 0.25) is 0 Å². The van der Waals surface area contributed by atoms with Crippen molar-refractivity contribution >= 4 is 0 Å². The lowest BCUT2D eigenvalue weighted by Gasteiger charge is -2.31. The molecule has 2 fully saturated rings. The third-order valence-corrected chi connectivity index (χ3v) is 3.57. The molecule has 3 heteroatoms. The average molecular weight is 200 g/mol. The molecule has 2 heterocycles. The van der Waals surface area contributed by atoms with Gasteiger partial charge in [-0.15, -0.1) is 0 Å². The molecule has 0 saturated carbocycles. The van der Waals surface area contributed by atoms with Gasteiger partial charge >= 0.3 is 0 Å². The van der Waals surface area contributed by atoms with E-state index in [1.807, 2.05) is 0 Å². The van der Waals surface area contributed by atoms with Crippen molar-refractivity contribution < 1.29 is 4.39 Å². The van der Waals surface area contributed by atoms with E-state index in [0.717, 1.165) is 26.1 Å². The van der Waals surface area contributed by atoms with Crippen molar-refractivity contribution in [3.8, 4) is 0 Å². The molecule has 2 aliphatic heterocycles. The maximum absolute atomic E-state index is 14.2. The molecule has 2 saturated heterocycles. The maximum atomic E-state index is 14.2. The molecule has 0 aromatic carbocycles. The van der Waals surface area contributed by atoms with Gasteiger partial charge in [0, 0.05) is 6.54 Å². The monoisotopic (exact) mass is 200 g/mol. The van der Waals surface area contributed by atoms with Gasteiger partial charge in [0.25, 0.3) is 0 Å². The first-order valence-electron chi connectivity index (χ1n) is 5.91. The third-order valence-electron chi connectivity index (χ3n) is 3.57. The van der Waals surface area contributed by atoms with E-state index in [1.54, 1.807) is 0 Å². The molecule has 0 atom stereocenters. The van der Waals surface area contributed by atoms with Gasteiger partial charge < -0.3 is 10.2 Å². The minimum absolute atomic E-state index is 0.709. The van der Waals surface area contributed by atoms with Crippen molar-refractivity contribution in [1.29, 1.82) is 0 Å². The Morgan fingerprint density at radius 1 is 1.14 bits per heavy atom. The first kappa shape index (κ1) is 10.4. The molecule has 0 bridgehead atoms. The van der Waals surface area contributed by atoms with Crippen LogP contribution in [-0.2, 0) is 0 Å². The van der Waals surface area contributed by atoms with Gasteiger partial charge in [0.1, 0.15) is 5.67 Å². The average Bonchev–Trinajstić information content (AvgIpc) is 2.69.